The zero-order valence-corrected chi connectivity index (χ0v) is 13.3. The molecule has 1 fully saturated rings. The van der Waals surface area contributed by atoms with Crippen LogP contribution in [0.1, 0.15) is 19.8 Å². The average molecular weight is 315 g/mol. The van der Waals surface area contributed by atoms with Crippen LogP contribution in [-0.4, -0.2) is 50.7 Å². The molecule has 0 aromatic heterocycles. The van der Waals surface area contributed by atoms with E-state index in [2.05, 4.69) is 0 Å². The van der Waals surface area contributed by atoms with Crippen molar-refractivity contribution >= 4 is 10.0 Å². The van der Waals surface area contributed by atoms with E-state index in [1.807, 2.05) is 0 Å². The van der Waals surface area contributed by atoms with Crippen LogP contribution >= 0.6 is 0 Å². The number of hydrogen-bond donors (Lipinski definition) is 1. The van der Waals surface area contributed by atoms with E-state index in [-0.39, 0.29) is 23.7 Å². The Balaban J connectivity index is 2.35. The highest BCUT2D eigenvalue weighted by molar-refractivity contribution is 7.89. The molecule has 1 N–H and O–H groups in total. The van der Waals surface area contributed by atoms with Gasteiger partial charge >= 0.3 is 0 Å². The number of aliphatic hydroxyl groups is 1. The summed E-state index contributed by atoms with van der Waals surface area (Å²) in [5, 5.41) is 9.95. The van der Waals surface area contributed by atoms with Crippen molar-refractivity contribution in [3.8, 4) is 11.5 Å². The number of rotatable bonds is 4. The summed E-state index contributed by atoms with van der Waals surface area (Å²) in [7, 11) is -0.756. The van der Waals surface area contributed by atoms with Gasteiger partial charge in [0, 0.05) is 19.2 Å². The molecule has 0 atom stereocenters. The van der Waals surface area contributed by atoms with Gasteiger partial charge in [0.2, 0.25) is 10.0 Å². The first-order valence-electron chi connectivity index (χ1n) is 6.75. The van der Waals surface area contributed by atoms with E-state index in [4.69, 9.17) is 9.47 Å². The van der Waals surface area contributed by atoms with Crippen LogP contribution in [0.4, 0.5) is 0 Å². The van der Waals surface area contributed by atoms with Crippen molar-refractivity contribution in [2.45, 2.75) is 30.3 Å². The summed E-state index contributed by atoms with van der Waals surface area (Å²) in [5.74, 6) is 0.742. The van der Waals surface area contributed by atoms with Crippen LogP contribution < -0.4 is 9.47 Å². The highest BCUT2D eigenvalue weighted by Gasteiger charge is 2.35. The van der Waals surface area contributed by atoms with Gasteiger partial charge < -0.3 is 14.6 Å². The minimum absolute atomic E-state index is 0.0888. The summed E-state index contributed by atoms with van der Waals surface area (Å²) in [4.78, 5) is 0.0888. The Morgan fingerprint density at radius 1 is 1.19 bits per heavy atom. The van der Waals surface area contributed by atoms with Crippen LogP contribution in [0, 0.1) is 0 Å². The molecule has 21 heavy (non-hydrogen) atoms. The van der Waals surface area contributed by atoms with Crippen molar-refractivity contribution in [3.63, 3.8) is 0 Å². The Bertz CT molecular complexity index is 602. The lowest BCUT2D eigenvalue weighted by molar-refractivity contribution is 0.0126. The van der Waals surface area contributed by atoms with Crippen molar-refractivity contribution in [3.05, 3.63) is 18.2 Å². The highest BCUT2D eigenvalue weighted by atomic mass is 32.2. The molecule has 0 aliphatic carbocycles. The second kappa shape index (κ2) is 5.82. The maximum atomic E-state index is 12.8. The summed E-state index contributed by atoms with van der Waals surface area (Å²) < 4.78 is 37.1. The first-order chi connectivity index (χ1) is 9.80. The van der Waals surface area contributed by atoms with E-state index < -0.39 is 15.6 Å². The lowest BCUT2D eigenvalue weighted by atomic mass is 9.95. The molecule has 6 nitrogen and oxygen atoms in total. The quantitative estimate of drug-likeness (QED) is 0.904. The van der Waals surface area contributed by atoms with Gasteiger partial charge in [0.05, 0.1) is 19.8 Å². The Labute approximate surface area is 125 Å². The Morgan fingerprint density at radius 3 is 2.33 bits per heavy atom. The molecule has 1 aliphatic rings. The molecule has 0 bridgehead atoms. The van der Waals surface area contributed by atoms with Gasteiger partial charge in [-0.2, -0.15) is 4.31 Å². The van der Waals surface area contributed by atoms with Crippen LogP contribution in [0.25, 0.3) is 0 Å². The highest BCUT2D eigenvalue weighted by Crippen LogP contribution is 2.33. The summed E-state index contributed by atoms with van der Waals surface area (Å²) in [6, 6.07) is 4.69. The van der Waals surface area contributed by atoms with Crippen LogP contribution in [0.5, 0.6) is 11.5 Å². The van der Waals surface area contributed by atoms with E-state index in [0.717, 1.165) is 0 Å². The minimum Gasteiger partial charge on any atom is -0.497 e. The van der Waals surface area contributed by atoms with Crippen molar-refractivity contribution in [1.29, 1.82) is 0 Å². The summed E-state index contributed by atoms with van der Waals surface area (Å²) in [6.45, 7) is 2.30. The topological polar surface area (TPSA) is 76.1 Å². The Morgan fingerprint density at radius 2 is 1.81 bits per heavy atom. The predicted octanol–water partition coefficient (Wildman–Crippen LogP) is 1.24. The third kappa shape index (κ3) is 3.30. The fraction of sp³-hybridized carbons (Fsp3) is 0.571. The molecule has 0 amide bonds. The Hall–Kier alpha value is -1.31. The molecule has 1 aliphatic heterocycles. The zero-order valence-electron chi connectivity index (χ0n) is 12.5. The number of hydrogen-bond acceptors (Lipinski definition) is 5. The van der Waals surface area contributed by atoms with Gasteiger partial charge in [0.25, 0.3) is 0 Å². The first-order valence-corrected chi connectivity index (χ1v) is 8.19. The van der Waals surface area contributed by atoms with Gasteiger partial charge in [-0.3, -0.25) is 0 Å². The van der Waals surface area contributed by atoms with Crippen molar-refractivity contribution < 1.29 is 23.0 Å². The molecule has 2 rings (SSSR count). The lowest BCUT2D eigenvalue weighted by Gasteiger charge is -2.35. The molecule has 1 heterocycles. The molecule has 1 aromatic rings. The van der Waals surface area contributed by atoms with E-state index in [0.29, 0.717) is 18.6 Å². The fourth-order valence-corrected chi connectivity index (χ4v) is 3.95. The van der Waals surface area contributed by atoms with Crippen molar-refractivity contribution in [1.82, 2.24) is 4.31 Å². The van der Waals surface area contributed by atoms with Gasteiger partial charge in [0.1, 0.15) is 16.4 Å². The number of ether oxygens (including phenoxy) is 2. The molecular weight excluding hydrogens is 294 g/mol. The third-order valence-corrected chi connectivity index (χ3v) is 5.71. The van der Waals surface area contributed by atoms with E-state index in [9.17, 15) is 13.5 Å². The molecule has 0 radical (unpaired) electrons. The van der Waals surface area contributed by atoms with Gasteiger partial charge in [-0.05, 0) is 31.9 Å². The van der Waals surface area contributed by atoms with E-state index in [1.54, 1.807) is 19.1 Å². The maximum Gasteiger partial charge on any atom is 0.246 e. The molecule has 1 aromatic carbocycles. The van der Waals surface area contributed by atoms with Crippen LogP contribution in [-0.2, 0) is 10.0 Å². The molecule has 1 saturated heterocycles. The maximum absolute atomic E-state index is 12.8. The molecule has 7 heteroatoms. The van der Waals surface area contributed by atoms with Gasteiger partial charge in [-0.1, -0.05) is 0 Å². The van der Waals surface area contributed by atoms with Gasteiger partial charge in [-0.25, -0.2) is 8.42 Å². The van der Waals surface area contributed by atoms with Gasteiger partial charge in [-0.15, -0.1) is 0 Å². The molecule has 0 saturated carbocycles. The van der Waals surface area contributed by atoms with Crippen molar-refractivity contribution in [2.24, 2.45) is 0 Å². The van der Waals surface area contributed by atoms with E-state index >= 15 is 0 Å². The van der Waals surface area contributed by atoms with Crippen LogP contribution in [0.15, 0.2) is 23.1 Å². The zero-order chi connectivity index (χ0) is 15.7. The lowest BCUT2D eigenvalue weighted by Crippen LogP contribution is -2.45. The molecule has 118 valence electrons. The standard InChI is InChI=1S/C14H21NO5S/c1-14(16)6-8-15(9-7-14)21(17,18)13-10-11(19-2)4-5-12(13)20-3/h4-5,10,16H,6-9H2,1-3H3. The molecule has 0 unspecified atom stereocenters. The fourth-order valence-electron chi connectivity index (χ4n) is 2.33. The smallest absolute Gasteiger partial charge is 0.246 e. The van der Waals surface area contributed by atoms with E-state index in [1.165, 1.54) is 24.6 Å². The Kier molecular flexibility index (Phi) is 4.46. The second-order valence-electron chi connectivity index (χ2n) is 5.42. The SMILES string of the molecule is COc1ccc(OC)c(S(=O)(=O)N2CCC(C)(O)CC2)c1. The number of benzene rings is 1. The van der Waals surface area contributed by atoms with Gasteiger partial charge in [0.15, 0.2) is 0 Å². The molecular formula is C14H21NO5S. The summed E-state index contributed by atoms with van der Waals surface area (Å²) in [6.07, 6.45) is 0.830. The van der Waals surface area contributed by atoms with Crippen molar-refractivity contribution in [2.75, 3.05) is 27.3 Å². The summed E-state index contributed by atoms with van der Waals surface area (Å²) in [5.41, 5.74) is -0.801. The van der Waals surface area contributed by atoms with Crippen LogP contribution in [0.3, 0.4) is 0 Å². The predicted molar refractivity (Wildman–Crippen MR) is 78.2 cm³/mol. The van der Waals surface area contributed by atoms with Crippen LogP contribution in [0.2, 0.25) is 0 Å². The third-order valence-electron chi connectivity index (χ3n) is 3.79. The minimum atomic E-state index is -3.67. The normalized spacial score (nSPS) is 19.2. The first kappa shape index (κ1) is 16.1. The number of nitrogens with zero attached hydrogens (tertiary/aromatic N) is 1. The number of piperidine rings is 1. The number of sulfonamides is 1. The summed E-state index contributed by atoms with van der Waals surface area (Å²) >= 11 is 0. The monoisotopic (exact) mass is 315 g/mol. The largest absolute Gasteiger partial charge is 0.497 e. The molecule has 0 spiro atoms. The number of methoxy groups -OCH3 is 2. The average Bonchev–Trinajstić information content (AvgIpc) is 2.46. The second-order valence-corrected chi connectivity index (χ2v) is 7.32.